The molecule has 0 radical (unpaired) electrons. The zero-order valence-corrected chi connectivity index (χ0v) is 14.2. The van der Waals surface area contributed by atoms with E-state index in [1.165, 1.54) is 0 Å². The maximum absolute atomic E-state index is 11.2. The molecule has 130 valence electrons. The Balaban J connectivity index is 2.02. The van der Waals surface area contributed by atoms with Crippen LogP contribution < -0.4 is 4.74 Å². The first-order valence-corrected chi connectivity index (χ1v) is 10.2. The van der Waals surface area contributed by atoms with Crippen molar-refractivity contribution in [3.63, 3.8) is 0 Å². The highest BCUT2D eigenvalue weighted by molar-refractivity contribution is 7.93. The van der Waals surface area contributed by atoms with Crippen LogP contribution in [0, 0.1) is 0 Å². The van der Waals surface area contributed by atoms with Gasteiger partial charge in [0, 0.05) is 0 Å². The molecule has 0 fully saturated rings. The summed E-state index contributed by atoms with van der Waals surface area (Å²) in [7, 11) is -9.78. The predicted molar refractivity (Wildman–Crippen MR) is 88.7 cm³/mol. The smallest absolute Gasteiger partial charge is 0.346 e. The van der Waals surface area contributed by atoms with E-state index in [0.717, 1.165) is 0 Å². The molecule has 0 spiro atoms. The first-order chi connectivity index (χ1) is 11.2. The first-order valence-electron chi connectivity index (χ1n) is 6.99. The van der Waals surface area contributed by atoms with E-state index in [9.17, 15) is 13.0 Å². The predicted octanol–water partition coefficient (Wildman–Crippen LogP) is 2.80. The summed E-state index contributed by atoms with van der Waals surface area (Å²) in [5.41, 5.74) is 0.664. The molecule has 0 heterocycles. The molecule has 2 rings (SSSR count). The monoisotopic (exact) mass is 372 g/mol. The van der Waals surface area contributed by atoms with Crippen LogP contribution in [0.2, 0.25) is 0 Å². The molecule has 9 heteroatoms. The molecule has 0 amide bonds. The largest absolute Gasteiger partial charge is 0.457 e. The van der Waals surface area contributed by atoms with Gasteiger partial charge in [0.2, 0.25) is 0 Å². The number of aryl methyl sites for hydroxylation is 1. The molecule has 0 aliphatic carbocycles. The zero-order valence-electron chi connectivity index (χ0n) is 12.5. The molecule has 2 aromatic carbocycles. The Labute approximate surface area is 139 Å². The van der Waals surface area contributed by atoms with Crippen LogP contribution in [0.3, 0.4) is 0 Å². The standard InChI is InChI=1S/C15H17O7PS/c16-23(17,18)15(24(19,20)21)11-8-12-6-9-14(10-7-12)22-13-4-2-1-3-5-13/h1-7,9-10,15H,8,11H2,(H2,16,17,18)(H,19,20,21). The van der Waals surface area contributed by atoms with Crippen LogP contribution in [0.5, 0.6) is 11.5 Å². The van der Waals surface area contributed by atoms with Gasteiger partial charge >= 0.3 is 7.60 Å². The van der Waals surface area contributed by atoms with Crippen LogP contribution in [0.4, 0.5) is 0 Å². The summed E-state index contributed by atoms with van der Waals surface area (Å²) in [5, 5.41) is 0. The summed E-state index contributed by atoms with van der Waals surface area (Å²) >= 11 is 0. The SMILES string of the molecule is O=P(O)(O)C(CCc1ccc(Oc2ccccc2)cc1)S(=O)(=O)O. The molecular formula is C15H17O7PS. The third-order valence-corrected chi connectivity index (χ3v) is 6.86. The molecule has 1 unspecified atom stereocenters. The minimum Gasteiger partial charge on any atom is -0.457 e. The van der Waals surface area contributed by atoms with Gasteiger partial charge in [-0.2, -0.15) is 8.42 Å². The van der Waals surface area contributed by atoms with Crippen LogP contribution >= 0.6 is 7.60 Å². The lowest BCUT2D eigenvalue weighted by atomic mass is 10.1. The Bertz CT molecular complexity index is 813. The second-order valence-corrected chi connectivity index (χ2v) is 8.91. The van der Waals surface area contributed by atoms with Crippen molar-refractivity contribution in [2.45, 2.75) is 17.8 Å². The van der Waals surface area contributed by atoms with Crippen LogP contribution in [-0.2, 0) is 21.1 Å². The molecule has 24 heavy (non-hydrogen) atoms. The Morgan fingerprint density at radius 2 is 1.50 bits per heavy atom. The van der Waals surface area contributed by atoms with E-state index in [1.807, 2.05) is 18.2 Å². The lowest BCUT2D eigenvalue weighted by molar-refractivity contribution is 0.361. The van der Waals surface area contributed by atoms with Crippen LogP contribution in [0.1, 0.15) is 12.0 Å². The van der Waals surface area contributed by atoms with Crippen molar-refractivity contribution in [3.05, 3.63) is 60.2 Å². The highest BCUT2D eigenvalue weighted by atomic mass is 32.2. The lowest BCUT2D eigenvalue weighted by Crippen LogP contribution is -2.21. The van der Waals surface area contributed by atoms with Crippen molar-refractivity contribution in [2.24, 2.45) is 0 Å². The maximum atomic E-state index is 11.2. The van der Waals surface area contributed by atoms with Gasteiger partial charge in [-0.1, -0.05) is 30.3 Å². The van der Waals surface area contributed by atoms with Crippen LogP contribution in [0.25, 0.3) is 0 Å². The van der Waals surface area contributed by atoms with Gasteiger partial charge in [0.1, 0.15) is 11.5 Å². The van der Waals surface area contributed by atoms with Crippen molar-refractivity contribution in [3.8, 4) is 11.5 Å². The van der Waals surface area contributed by atoms with Gasteiger partial charge in [-0.05, 0) is 42.7 Å². The number of para-hydroxylation sites is 1. The van der Waals surface area contributed by atoms with Gasteiger partial charge in [-0.15, -0.1) is 0 Å². The van der Waals surface area contributed by atoms with Crippen molar-refractivity contribution in [2.75, 3.05) is 0 Å². The summed E-state index contributed by atoms with van der Waals surface area (Å²) in [5.74, 6) is 1.24. The normalized spacial score (nSPS) is 13.5. The van der Waals surface area contributed by atoms with Gasteiger partial charge < -0.3 is 14.5 Å². The molecule has 1 atom stereocenters. The van der Waals surface area contributed by atoms with E-state index in [2.05, 4.69) is 0 Å². The molecular weight excluding hydrogens is 355 g/mol. The van der Waals surface area contributed by atoms with E-state index in [0.29, 0.717) is 17.1 Å². The van der Waals surface area contributed by atoms with Crippen molar-refractivity contribution in [1.29, 1.82) is 0 Å². The summed E-state index contributed by atoms with van der Waals surface area (Å²) in [6.07, 6.45) is -0.302. The third kappa shape index (κ3) is 5.43. The van der Waals surface area contributed by atoms with Crippen molar-refractivity contribution < 1.29 is 32.1 Å². The average molecular weight is 372 g/mol. The molecule has 0 aliphatic heterocycles. The lowest BCUT2D eigenvalue weighted by Gasteiger charge is -2.15. The number of benzene rings is 2. The minimum absolute atomic E-state index is 0.0845. The van der Waals surface area contributed by atoms with Crippen LogP contribution in [0.15, 0.2) is 54.6 Å². The fourth-order valence-corrected chi connectivity index (χ4v) is 4.40. The Kier molecular flexibility index (Phi) is 5.79. The van der Waals surface area contributed by atoms with E-state index in [4.69, 9.17) is 19.1 Å². The summed E-state index contributed by atoms with van der Waals surface area (Å²) < 4.78 is 48.0. The van der Waals surface area contributed by atoms with Crippen molar-refractivity contribution >= 4 is 17.7 Å². The topological polar surface area (TPSA) is 121 Å². The van der Waals surface area contributed by atoms with Crippen LogP contribution in [-0.4, -0.2) is 27.7 Å². The minimum atomic E-state index is -4.95. The molecule has 2 aromatic rings. The van der Waals surface area contributed by atoms with Gasteiger partial charge in [-0.3, -0.25) is 9.12 Å². The number of ether oxygens (including phenoxy) is 1. The summed E-state index contributed by atoms with van der Waals surface area (Å²) in [6.45, 7) is 0. The van der Waals surface area contributed by atoms with E-state index in [-0.39, 0.29) is 12.8 Å². The molecule has 0 aliphatic rings. The molecule has 0 saturated carbocycles. The highest BCUT2D eigenvalue weighted by Gasteiger charge is 2.39. The van der Waals surface area contributed by atoms with Gasteiger partial charge in [0.05, 0.1) is 0 Å². The van der Waals surface area contributed by atoms with Gasteiger partial charge in [0.25, 0.3) is 10.1 Å². The quantitative estimate of drug-likeness (QED) is 0.505. The Hall–Kier alpha value is -1.70. The van der Waals surface area contributed by atoms with Crippen molar-refractivity contribution in [1.82, 2.24) is 0 Å². The molecule has 0 bridgehead atoms. The molecule has 0 aromatic heterocycles. The highest BCUT2D eigenvalue weighted by Crippen LogP contribution is 2.45. The summed E-state index contributed by atoms with van der Waals surface area (Å²) in [4.78, 5) is 16.0. The molecule has 7 nitrogen and oxygen atoms in total. The maximum Gasteiger partial charge on any atom is 0.346 e. The van der Waals surface area contributed by atoms with E-state index in [1.54, 1.807) is 36.4 Å². The zero-order chi connectivity index (χ0) is 17.8. The summed E-state index contributed by atoms with van der Waals surface area (Å²) in [6, 6.07) is 15.8. The Morgan fingerprint density at radius 3 is 2.00 bits per heavy atom. The number of hydrogen-bond acceptors (Lipinski definition) is 4. The third-order valence-electron chi connectivity index (χ3n) is 3.30. The van der Waals surface area contributed by atoms with E-state index >= 15 is 0 Å². The second kappa shape index (κ2) is 7.46. The second-order valence-electron chi connectivity index (χ2n) is 5.16. The fraction of sp³-hybridized carbons (Fsp3) is 0.200. The first kappa shape index (κ1) is 18.6. The van der Waals surface area contributed by atoms with E-state index < -0.39 is 22.7 Å². The Morgan fingerprint density at radius 1 is 0.958 bits per heavy atom. The number of hydrogen-bond donors (Lipinski definition) is 3. The fourth-order valence-electron chi connectivity index (χ4n) is 2.13. The van der Waals surface area contributed by atoms with Gasteiger partial charge in [-0.25, -0.2) is 0 Å². The number of rotatable bonds is 7. The molecule has 3 N–H and O–H groups in total. The average Bonchev–Trinajstić information content (AvgIpc) is 2.47. The molecule has 0 saturated heterocycles. The van der Waals surface area contributed by atoms with Gasteiger partial charge in [0.15, 0.2) is 4.99 Å².